The molecular formula is C27H31N3O3. The van der Waals surface area contributed by atoms with Gasteiger partial charge in [0, 0.05) is 26.2 Å². The molecule has 33 heavy (non-hydrogen) atoms. The molecule has 1 atom stereocenters. The van der Waals surface area contributed by atoms with Crippen molar-refractivity contribution in [3.63, 3.8) is 0 Å². The van der Waals surface area contributed by atoms with Crippen molar-refractivity contribution in [2.45, 2.75) is 39.3 Å². The third kappa shape index (κ3) is 5.71. The van der Waals surface area contributed by atoms with Crippen LogP contribution in [0.4, 0.5) is 5.69 Å². The Labute approximate surface area is 195 Å². The SMILES string of the molecule is CCOCCCN(Cc1ccco1)C1=NC(Cc2ccccc2)C(=O)N1c1cccc(C)c1. The maximum Gasteiger partial charge on any atom is 0.259 e. The highest BCUT2D eigenvalue weighted by Gasteiger charge is 2.38. The molecule has 0 bridgehead atoms. The molecule has 2 aromatic carbocycles. The molecule has 0 radical (unpaired) electrons. The Bertz CT molecular complexity index is 1060. The van der Waals surface area contributed by atoms with Crippen molar-refractivity contribution in [2.75, 3.05) is 24.7 Å². The van der Waals surface area contributed by atoms with E-state index in [1.165, 1.54) is 0 Å². The van der Waals surface area contributed by atoms with Crippen molar-refractivity contribution in [1.82, 2.24) is 4.90 Å². The van der Waals surface area contributed by atoms with E-state index in [9.17, 15) is 4.79 Å². The molecule has 1 amide bonds. The van der Waals surface area contributed by atoms with Crippen LogP contribution in [0.3, 0.4) is 0 Å². The fraction of sp³-hybridized carbons (Fsp3) is 0.333. The van der Waals surface area contributed by atoms with Crippen LogP contribution in [0.1, 0.15) is 30.2 Å². The maximum absolute atomic E-state index is 13.7. The van der Waals surface area contributed by atoms with E-state index in [2.05, 4.69) is 4.90 Å². The summed E-state index contributed by atoms with van der Waals surface area (Å²) in [6, 6.07) is 21.4. The molecule has 0 spiro atoms. The molecule has 0 saturated carbocycles. The Morgan fingerprint density at radius 3 is 2.67 bits per heavy atom. The van der Waals surface area contributed by atoms with Gasteiger partial charge in [0.2, 0.25) is 5.96 Å². The zero-order chi connectivity index (χ0) is 23.0. The van der Waals surface area contributed by atoms with Crippen molar-refractivity contribution in [3.05, 3.63) is 89.9 Å². The van der Waals surface area contributed by atoms with Crippen molar-refractivity contribution in [3.8, 4) is 0 Å². The molecule has 4 rings (SSSR count). The first kappa shape index (κ1) is 22.8. The van der Waals surface area contributed by atoms with Crippen LogP contribution >= 0.6 is 0 Å². The van der Waals surface area contributed by atoms with Crippen LogP contribution in [0, 0.1) is 6.92 Å². The molecule has 2 heterocycles. The predicted molar refractivity (Wildman–Crippen MR) is 130 cm³/mol. The number of ether oxygens (including phenoxy) is 1. The summed E-state index contributed by atoms with van der Waals surface area (Å²) in [6.07, 6.45) is 3.07. The number of aliphatic imine (C=N–C) groups is 1. The lowest BCUT2D eigenvalue weighted by molar-refractivity contribution is -0.118. The van der Waals surface area contributed by atoms with Gasteiger partial charge in [-0.15, -0.1) is 0 Å². The topological polar surface area (TPSA) is 58.3 Å². The monoisotopic (exact) mass is 445 g/mol. The molecule has 1 aliphatic rings. The number of amides is 1. The van der Waals surface area contributed by atoms with Gasteiger partial charge in [0.25, 0.3) is 5.91 Å². The zero-order valence-corrected chi connectivity index (χ0v) is 19.3. The van der Waals surface area contributed by atoms with Crippen molar-refractivity contribution >= 4 is 17.6 Å². The van der Waals surface area contributed by atoms with Gasteiger partial charge in [-0.05, 0) is 55.7 Å². The van der Waals surface area contributed by atoms with Crippen LogP contribution in [-0.4, -0.2) is 42.6 Å². The Morgan fingerprint density at radius 2 is 1.94 bits per heavy atom. The van der Waals surface area contributed by atoms with E-state index in [1.807, 2.05) is 80.6 Å². The van der Waals surface area contributed by atoms with Crippen LogP contribution in [0.25, 0.3) is 0 Å². The van der Waals surface area contributed by atoms with Crippen molar-refractivity contribution in [2.24, 2.45) is 4.99 Å². The summed E-state index contributed by atoms with van der Waals surface area (Å²) < 4.78 is 11.2. The number of aryl methyl sites for hydroxylation is 1. The summed E-state index contributed by atoms with van der Waals surface area (Å²) in [5, 5.41) is 0. The number of carbonyl (C=O) groups is 1. The van der Waals surface area contributed by atoms with Gasteiger partial charge in [0.1, 0.15) is 11.8 Å². The average Bonchev–Trinajstić information content (AvgIpc) is 3.44. The normalized spacial score (nSPS) is 15.7. The summed E-state index contributed by atoms with van der Waals surface area (Å²) >= 11 is 0. The predicted octanol–water partition coefficient (Wildman–Crippen LogP) is 4.83. The number of benzene rings is 2. The van der Waals surface area contributed by atoms with Crippen LogP contribution in [-0.2, 0) is 22.5 Å². The zero-order valence-electron chi connectivity index (χ0n) is 19.3. The standard InChI is InChI=1S/C27H31N3O3/c1-3-32-16-9-15-29(20-24-14-8-17-33-24)27-28-25(19-22-11-5-4-6-12-22)26(31)30(27)23-13-7-10-21(2)18-23/h4-8,10-14,17-18,25H,3,9,15-16,19-20H2,1-2H3. The van der Waals surface area contributed by atoms with Crippen molar-refractivity contribution in [1.29, 1.82) is 0 Å². The van der Waals surface area contributed by atoms with E-state index in [1.54, 1.807) is 11.2 Å². The highest BCUT2D eigenvalue weighted by atomic mass is 16.5. The number of furan rings is 1. The second-order valence-electron chi connectivity index (χ2n) is 8.20. The minimum atomic E-state index is -0.464. The van der Waals surface area contributed by atoms with Crippen LogP contribution < -0.4 is 4.90 Å². The third-order valence-corrected chi connectivity index (χ3v) is 5.64. The molecule has 1 aromatic heterocycles. The van der Waals surface area contributed by atoms with E-state index in [-0.39, 0.29) is 5.91 Å². The quantitative estimate of drug-likeness (QED) is 0.420. The smallest absolute Gasteiger partial charge is 0.259 e. The second-order valence-corrected chi connectivity index (χ2v) is 8.20. The van der Waals surface area contributed by atoms with E-state index in [0.29, 0.717) is 38.7 Å². The number of hydrogen-bond acceptors (Lipinski definition) is 5. The van der Waals surface area contributed by atoms with E-state index < -0.39 is 6.04 Å². The lowest BCUT2D eigenvalue weighted by atomic mass is 10.1. The van der Waals surface area contributed by atoms with Gasteiger partial charge >= 0.3 is 0 Å². The van der Waals surface area contributed by atoms with Gasteiger partial charge < -0.3 is 14.1 Å². The summed E-state index contributed by atoms with van der Waals surface area (Å²) in [6.45, 7) is 6.61. The van der Waals surface area contributed by atoms with Crippen molar-refractivity contribution < 1.29 is 13.9 Å². The Balaban J connectivity index is 1.67. The molecule has 6 heteroatoms. The summed E-state index contributed by atoms with van der Waals surface area (Å²) in [4.78, 5) is 22.5. The summed E-state index contributed by atoms with van der Waals surface area (Å²) in [5.41, 5.74) is 3.03. The van der Waals surface area contributed by atoms with Gasteiger partial charge in [0.05, 0.1) is 18.5 Å². The molecule has 0 N–H and O–H groups in total. The largest absolute Gasteiger partial charge is 0.467 e. The van der Waals surface area contributed by atoms with Gasteiger partial charge in [-0.1, -0.05) is 42.5 Å². The highest BCUT2D eigenvalue weighted by molar-refractivity contribution is 6.22. The van der Waals surface area contributed by atoms with Gasteiger partial charge in [-0.25, -0.2) is 9.89 Å². The van der Waals surface area contributed by atoms with E-state index >= 15 is 0 Å². The number of hydrogen-bond donors (Lipinski definition) is 0. The molecule has 1 unspecified atom stereocenters. The minimum Gasteiger partial charge on any atom is -0.467 e. The van der Waals surface area contributed by atoms with Gasteiger partial charge in [0.15, 0.2) is 0 Å². The van der Waals surface area contributed by atoms with Crippen LogP contribution in [0.2, 0.25) is 0 Å². The first-order valence-electron chi connectivity index (χ1n) is 11.5. The molecular weight excluding hydrogens is 414 g/mol. The second kappa shape index (κ2) is 11.0. The van der Waals surface area contributed by atoms with Gasteiger partial charge in [-0.3, -0.25) is 4.79 Å². The van der Waals surface area contributed by atoms with Gasteiger partial charge in [-0.2, -0.15) is 0 Å². The number of nitrogens with zero attached hydrogens (tertiary/aromatic N) is 3. The molecule has 0 fully saturated rings. The molecule has 3 aromatic rings. The molecule has 6 nitrogen and oxygen atoms in total. The highest BCUT2D eigenvalue weighted by Crippen LogP contribution is 2.27. The van der Waals surface area contributed by atoms with E-state index in [0.717, 1.165) is 29.0 Å². The average molecular weight is 446 g/mol. The Hall–Kier alpha value is -3.38. The minimum absolute atomic E-state index is 0.00583. The summed E-state index contributed by atoms with van der Waals surface area (Å²) in [7, 11) is 0. The molecule has 0 saturated heterocycles. The fourth-order valence-corrected chi connectivity index (χ4v) is 4.05. The lowest BCUT2D eigenvalue weighted by Crippen LogP contribution is -2.45. The first-order chi connectivity index (χ1) is 16.2. The fourth-order valence-electron chi connectivity index (χ4n) is 4.05. The Kier molecular flexibility index (Phi) is 7.58. The number of carbonyl (C=O) groups excluding carboxylic acids is 1. The van der Waals surface area contributed by atoms with E-state index in [4.69, 9.17) is 14.1 Å². The number of rotatable bonds is 10. The summed E-state index contributed by atoms with van der Waals surface area (Å²) in [5.74, 6) is 1.49. The number of guanidine groups is 1. The third-order valence-electron chi connectivity index (χ3n) is 5.64. The molecule has 172 valence electrons. The lowest BCUT2D eigenvalue weighted by Gasteiger charge is -2.29. The number of anilines is 1. The maximum atomic E-state index is 13.7. The molecule has 0 aliphatic carbocycles. The first-order valence-corrected chi connectivity index (χ1v) is 11.5. The van der Waals surface area contributed by atoms with Crippen LogP contribution in [0.5, 0.6) is 0 Å². The molecule has 1 aliphatic heterocycles. The van der Waals surface area contributed by atoms with Crippen LogP contribution in [0.15, 0.2) is 82.4 Å². The Morgan fingerprint density at radius 1 is 1.09 bits per heavy atom.